The average Bonchev–Trinajstić information content (AvgIpc) is 2.43. The van der Waals surface area contributed by atoms with Crippen LogP contribution in [0.15, 0.2) is 6.07 Å². The topological polar surface area (TPSA) is 37.4 Å². The maximum atomic E-state index is 13.9. The maximum Gasteiger partial charge on any atom is 0.168 e. The van der Waals surface area contributed by atoms with E-state index in [1.165, 1.54) is 0 Å². The minimum absolute atomic E-state index is 0.0932. The molecule has 1 unspecified atom stereocenters. The van der Waals surface area contributed by atoms with Crippen LogP contribution >= 0.6 is 0 Å². The fourth-order valence-electron chi connectivity index (χ4n) is 2.44. The Bertz CT molecular complexity index is 450. The molecule has 0 amide bonds. The van der Waals surface area contributed by atoms with Gasteiger partial charge in [0.2, 0.25) is 0 Å². The van der Waals surface area contributed by atoms with Gasteiger partial charge in [0.15, 0.2) is 23.3 Å². The number of pyridine rings is 1. The van der Waals surface area contributed by atoms with Crippen molar-refractivity contribution < 1.29 is 13.5 Å². The van der Waals surface area contributed by atoms with Crippen molar-refractivity contribution in [2.24, 2.45) is 5.92 Å². The van der Waals surface area contributed by atoms with Crippen LogP contribution in [0.2, 0.25) is 0 Å². The minimum atomic E-state index is -0.664. The Kier molecular flexibility index (Phi) is 5.11. The van der Waals surface area contributed by atoms with Gasteiger partial charge in [0.05, 0.1) is 6.61 Å². The molecule has 1 atom stereocenters. The van der Waals surface area contributed by atoms with Crippen LogP contribution < -0.4 is 10.2 Å². The molecule has 1 aromatic heterocycles. The van der Waals surface area contributed by atoms with Crippen molar-refractivity contribution in [3.8, 4) is 0 Å². The molecule has 1 aliphatic heterocycles. The molecule has 1 aromatic rings. The first-order valence-electron chi connectivity index (χ1n) is 7.00. The first-order chi connectivity index (χ1) is 9.61. The molecule has 2 rings (SSSR count). The smallest absolute Gasteiger partial charge is 0.168 e. The molecule has 0 bridgehead atoms. The van der Waals surface area contributed by atoms with E-state index in [1.807, 2.05) is 6.92 Å². The molecular formula is C14H21F2N3O. The number of hydrogen-bond acceptors (Lipinski definition) is 4. The zero-order valence-electron chi connectivity index (χ0n) is 12.0. The first-order valence-corrected chi connectivity index (χ1v) is 7.00. The van der Waals surface area contributed by atoms with E-state index in [1.54, 1.807) is 11.9 Å². The highest BCUT2D eigenvalue weighted by atomic mass is 19.1. The maximum absolute atomic E-state index is 13.9. The predicted octanol–water partition coefficient (Wildman–Crippen LogP) is 2.65. The van der Waals surface area contributed by atoms with Gasteiger partial charge in [-0.3, -0.25) is 0 Å². The quantitative estimate of drug-likeness (QED) is 0.902. The number of rotatable bonds is 5. The summed E-state index contributed by atoms with van der Waals surface area (Å²) in [4.78, 5) is 5.78. The zero-order valence-corrected chi connectivity index (χ0v) is 12.0. The third-order valence-corrected chi connectivity index (χ3v) is 3.40. The Labute approximate surface area is 118 Å². The van der Waals surface area contributed by atoms with Gasteiger partial charge >= 0.3 is 0 Å². The number of hydrogen-bond donors (Lipinski definition) is 1. The third kappa shape index (κ3) is 3.56. The summed E-state index contributed by atoms with van der Waals surface area (Å²) in [5, 5.41) is 2.80. The number of nitrogens with one attached hydrogen (secondary N) is 1. The SMILES string of the molecule is CCNc1nc(N(C)CC2CCCOC2)c(F)cc1F. The summed E-state index contributed by atoms with van der Waals surface area (Å²) < 4.78 is 32.8. The fraction of sp³-hybridized carbons (Fsp3) is 0.643. The summed E-state index contributed by atoms with van der Waals surface area (Å²) in [6, 6.07) is 0.883. The van der Waals surface area contributed by atoms with Crippen molar-refractivity contribution in [1.29, 1.82) is 0 Å². The highest BCUT2D eigenvalue weighted by molar-refractivity contribution is 5.48. The molecule has 0 aromatic carbocycles. The predicted molar refractivity (Wildman–Crippen MR) is 75.1 cm³/mol. The van der Waals surface area contributed by atoms with Gasteiger partial charge in [0.1, 0.15) is 0 Å². The van der Waals surface area contributed by atoms with Crippen molar-refractivity contribution in [3.05, 3.63) is 17.7 Å². The average molecular weight is 285 g/mol. The van der Waals surface area contributed by atoms with E-state index in [9.17, 15) is 8.78 Å². The Morgan fingerprint density at radius 3 is 2.90 bits per heavy atom. The van der Waals surface area contributed by atoms with E-state index in [2.05, 4.69) is 10.3 Å². The van der Waals surface area contributed by atoms with Gasteiger partial charge in [0, 0.05) is 32.8 Å². The molecule has 0 saturated carbocycles. The van der Waals surface area contributed by atoms with Crippen LogP contribution in [0.4, 0.5) is 20.4 Å². The summed E-state index contributed by atoms with van der Waals surface area (Å²) in [6.07, 6.45) is 2.09. The van der Waals surface area contributed by atoms with Gasteiger partial charge in [-0.05, 0) is 25.7 Å². The normalized spacial score (nSPS) is 18.9. The van der Waals surface area contributed by atoms with Crippen molar-refractivity contribution in [2.75, 3.05) is 43.6 Å². The number of aromatic nitrogens is 1. The van der Waals surface area contributed by atoms with Gasteiger partial charge in [0.25, 0.3) is 0 Å². The minimum Gasteiger partial charge on any atom is -0.381 e. The second-order valence-electron chi connectivity index (χ2n) is 5.12. The zero-order chi connectivity index (χ0) is 14.5. The van der Waals surface area contributed by atoms with Crippen LogP contribution in [0.1, 0.15) is 19.8 Å². The van der Waals surface area contributed by atoms with Crippen molar-refractivity contribution in [2.45, 2.75) is 19.8 Å². The van der Waals surface area contributed by atoms with Crippen molar-refractivity contribution in [1.82, 2.24) is 4.98 Å². The van der Waals surface area contributed by atoms with Gasteiger partial charge in [-0.2, -0.15) is 0 Å². The molecule has 20 heavy (non-hydrogen) atoms. The lowest BCUT2D eigenvalue weighted by molar-refractivity contribution is 0.0575. The van der Waals surface area contributed by atoms with E-state index < -0.39 is 11.6 Å². The number of anilines is 2. The second kappa shape index (κ2) is 6.83. The number of ether oxygens (including phenoxy) is 1. The molecule has 0 spiro atoms. The molecule has 1 aliphatic rings. The summed E-state index contributed by atoms with van der Waals surface area (Å²) in [6.45, 7) is 4.52. The summed E-state index contributed by atoms with van der Waals surface area (Å²) in [5.41, 5.74) is 0. The van der Waals surface area contributed by atoms with Crippen LogP contribution in [-0.4, -0.2) is 38.3 Å². The number of nitrogens with zero attached hydrogens (tertiary/aromatic N) is 2. The van der Waals surface area contributed by atoms with Gasteiger partial charge in [-0.15, -0.1) is 0 Å². The van der Waals surface area contributed by atoms with E-state index in [0.717, 1.165) is 25.5 Å². The van der Waals surface area contributed by atoms with Crippen LogP contribution in [0, 0.1) is 17.6 Å². The molecule has 0 aliphatic carbocycles. The van der Waals surface area contributed by atoms with Crippen LogP contribution in [0.3, 0.4) is 0 Å². The second-order valence-corrected chi connectivity index (χ2v) is 5.12. The molecule has 1 fully saturated rings. The van der Waals surface area contributed by atoms with E-state index in [0.29, 0.717) is 25.6 Å². The Morgan fingerprint density at radius 2 is 2.25 bits per heavy atom. The van der Waals surface area contributed by atoms with Gasteiger partial charge in [-0.25, -0.2) is 13.8 Å². The molecule has 6 heteroatoms. The van der Waals surface area contributed by atoms with Crippen molar-refractivity contribution >= 4 is 11.6 Å². The lowest BCUT2D eigenvalue weighted by atomic mass is 10.0. The highest BCUT2D eigenvalue weighted by Crippen LogP contribution is 2.23. The molecule has 0 radical (unpaired) electrons. The molecule has 4 nitrogen and oxygen atoms in total. The highest BCUT2D eigenvalue weighted by Gasteiger charge is 2.20. The lowest BCUT2D eigenvalue weighted by Crippen LogP contribution is -2.32. The van der Waals surface area contributed by atoms with E-state index >= 15 is 0 Å². The molecule has 112 valence electrons. The molecule has 1 saturated heterocycles. The molecular weight excluding hydrogens is 264 g/mol. The third-order valence-electron chi connectivity index (χ3n) is 3.40. The first kappa shape index (κ1) is 15.0. The van der Waals surface area contributed by atoms with Crippen molar-refractivity contribution in [3.63, 3.8) is 0 Å². The van der Waals surface area contributed by atoms with Gasteiger partial charge < -0.3 is 15.0 Å². The largest absolute Gasteiger partial charge is 0.381 e. The molecule has 1 N–H and O–H groups in total. The summed E-state index contributed by atoms with van der Waals surface area (Å²) in [5.74, 6) is -0.669. The molecule has 2 heterocycles. The standard InChI is InChI=1S/C14H21F2N3O/c1-3-17-13-11(15)7-12(16)14(18-13)19(2)8-10-5-4-6-20-9-10/h7,10H,3-6,8-9H2,1-2H3,(H,17,18). The number of halogens is 2. The van der Waals surface area contributed by atoms with E-state index in [-0.39, 0.29) is 11.6 Å². The van der Waals surface area contributed by atoms with Crippen LogP contribution in [-0.2, 0) is 4.74 Å². The van der Waals surface area contributed by atoms with Crippen LogP contribution in [0.25, 0.3) is 0 Å². The lowest BCUT2D eigenvalue weighted by Gasteiger charge is -2.28. The fourth-order valence-corrected chi connectivity index (χ4v) is 2.44. The Balaban J connectivity index is 2.11. The summed E-state index contributed by atoms with van der Waals surface area (Å²) >= 11 is 0. The monoisotopic (exact) mass is 285 g/mol. The van der Waals surface area contributed by atoms with Crippen LogP contribution in [0.5, 0.6) is 0 Å². The Hall–Kier alpha value is -1.43. The van der Waals surface area contributed by atoms with Gasteiger partial charge in [-0.1, -0.05) is 0 Å². The Morgan fingerprint density at radius 1 is 1.45 bits per heavy atom. The van der Waals surface area contributed by atoms with E-state index in [4.69, 9.17) is 4.74 Å². The summed E-state index contributed by atoms with van der Waals surface area (Å²) in [7, 11) is 1.77.